The van der Waals surface area contributed by atoms with Crippen molar-refractivity contribution in [1.82, 2.24) is 10.2 Å². The van der Waals surface area contributed by atoms with Gasteiger partial charge in [0.05, 0.1) is 10.9 Å². The van der Waals surface area contributed by atoms with Crippen LogP contribution in [0.25, 0.3) is 10.6 Å². The Morgan fingerprint density at radius 2 is 2.13 bits per heavy atom. The Bertz CT molecular complexity index is 487. The highest BCUT2D eigenvalue weighted by molar-refractivity contribution is 7.14. The molecule has 0 aliphatic heterocycles. The fraction of sp³-hybridized carbons (Fsp3) is 0.111. The Balaban J connectivity index is 2.40. The molecular weight excluding hydrogens is 258 g/mol. The number of halogens is 3. The summed E-state index contributed by atoms with van der Waals surface area (Å²) >= 11 is 12.5. The number of aromatic nitrogens is 2. The number of hydrogen-bond acceptors (Lipinski definition) is 3. The number of benzene rings is 1. The molecule has 0 atom stereocenters. The zero-order valence-electron chi connectivity index (χ0n) is 7.38. The van der Waals surface area contributed by atoms with Crippen molar-refractivity contribution in [2.75, 3.05) is 0 Å². The normalized spacial score (nSPS) is 10.6. The Morgan fingerprint density at radius 3 is 2.73 bits per heavy atom. The average molecular weight is 263 g/mol. The zero-order chi connectivity index (χ0) is 10.8. The summed E-state index contributed by atoms with van der Waals surface area (Å²) in [6.07, 6.45) is 0. The first kappa shape index (κ1) is 10.8. The maximum atomic E-state index is 13.2. The molecule has 1 aromatic carbocycles. The smallest absolute Gasteiger partial charge is 0.147 e. The van der Waals surface area contributed by atoms with Crippen molar-refractivity contribution in [3.8, 4) is 10.6 Å². The molecule has 78 valence electrons. The summed E-state index contributed by atoms with van der Waals surface area (Å²) in [5.41, 5.74) is 0.658. The fourth-order valence-electron chi connectivity index (χ4n) is 1.05. The minimum atomic E-state index is -0.461. The van der Waals surface area contributed by atoms with Gasteiger partial charge >= 0.3 is 0 Å². The van der Waals surface area contributed by atoms with Crippen LogP contribution in [0.4, 0.5) is 4.39 Å². The van der Waals surface area contributed by atoms with E-state index in [9.17, 15) is 4.39 Å². The molecule has 2 aromatic rings. The Labute approximate surface area is 99.7 Å². The van der Waals surface area contributed by atoms with Crippen molar-refractivity contribution in [3.63, 3.8) is 0 Å². The summed E-state index contributed by atoms with van der Waals surface area (Å²) in [6.45, 7) is 0. The quantitative estimate of drug-likeness (QED) is 0.771. The first-order valence-electron chi connectivity index (χ1n) is 4.04. The molecule has 2 nitrogen and oxygen atoms in total. The monoisotopic (exact) mass is 262 g/mol. The second-order valence-electron chi connectivity index (χ2n) is 2.76. The van der Waals surface area contributed by atoms with Crippen LogP contribution in [-0.2, 0) is 5.88 Å². The zero-order valence-corrected chi connectivity index (χ0v) is 9.70. The summed E-state index contributed by atoms with van der Waals surface area (Å²) in [5, 5.41) is 9.19. The molecule has 0 amide bonds. The molecule has 0 saturated carbocycles. The van der Waals surface area contributed by atoms with E-state index in [4.69, 9.17) is 23.2 Å². The Morgan fingerprint density at radius 1 is 1.33 bits per heavy atom. The molecule has 0 saturated heterocycles. The SMILES string of the molecule is Fc1cc(-c2nnc(CCl)s2)ccc1Cl. The number of rotatable bonds is 2. The third-order valence-corrected chi connectivity index (χ3v) is 3.44. The van der Waals surface area contributed by atoms with Crippen LogP contribution in [0, 0.1) is 5.82 Å². The van der Waals surface area contributed by atoms with Crippen molar-refractivity contribution in [2.45, 2.75) is 5.88 Å². The maximum absolute atomic E-state index is 13.2. The first-order valence-corrected chi connectivity index (χ1v) is 5.77. The molecule has 1 aromatic heterocycles. The molecule has 0 aliphatic rings. The van der Waals surface area contributed by atoms with Crippen LogP contribution in [0.3, 0.4) is 0 Å². The predicted molar refractivity (Wildman–Crippen MR) is 59.9 cm³/mol. The molecule has 0 bridgehead atoms. The van der Waals surface area contributed by atoms with Gasteiger partial charge in [0.25, 0.3) is 0 Å². The largest absolute Gasteiger partial charge is 0.205 e. The average Bonchev–Trinajstić information content (AvgIpc) is 2.70. The van der Waals surface area contributed by atoms with Gasteiger partial charge in [0, 0.05) is 5.56 Å². The van der Waals surface area contributed by atoms with Gasteiger partial charge in [0.1, 0.15) is 15.8 Å². The third kappa shape index (κ3) is 2.27. The van der Waals surface area contributed by atoms with E-state index in [-0.39, 0.29) is 5.02 Å². The van der Waals surface area contributed by atoms with Gasteiger partial charge in [0.2, 0.25) is 0 Å². The minimum Gasteiger partial charge on any atom is -0.205 e. The van der Waals surface area contributed by atoms with E-state index >= 15 is 0 Å². The van der Waals surface area contributed by atoms with E-state index in [1.807, 2.05) is 0 Å². The van der Waals surface area contributed by atoms with Gasteiger partial charge < -0.3 is 0 Å². The standard InChI is InChI=1S/C9H5Cl2FN2S/c10-4-8-13-14-9(15-8)5-1-2-6(11)7(12)3-5/h1-3H,4H2. The van der Waals surface area contributed by atoms with Gasteiger partial charge in [-0.25, -0.2) is 4.39 Å². The lowest BCUT2D eigenvalue weighted by Crippen LogP contribution is -1.81. The maximum Gasteiger partial charge on any atom is 0.147 e. The highest BCUT2D eigenvalue weighted by Crippen LogP contribution is 2.27. The molecule has 0 N–H and O–H groups in total. The molecule has 0 radical (unpaired) electrons. The van der Waals surface area contributed by atoms with E-state index < -0.39 is 5.82 Å². The molecular formula is C9H5Cl2FN2S. The molecule has 0 aliphatic carbocycles. The van der Waals surface area contributed by atoms with Crippen molar-refractivity contribution < 1.29 is 4.39 Å². The van der Waals surface area contributed by atoms with E-state index in [0.29, 0.717) is 21.5 Å². The first-order chi connectivity index (χ1) is 7.20. The lowest BCUT2D eigenvalue weighted by molar-refractivity contribution is 0.629. The van der Waals surface area contributed by atoms with Gasteiger partial charge in [-0.2, -0.15) is 0 Å². The molecule has 15 heavy (non-hydrogen) atoms. The number of nitrogens with zero attached hydrogens (tertiary/aromatic N) is 2. The van der Waals surface area contributed by atoms with Crippen LogP contribution < -0.4 is 0 Å². The van der Waals surface area contributed by atoms with Crippen LogP contribution in [0.2, 0.25) is 5.02 Å². The van der Waals surface area contributed by atoms with E-state index in [0.717, 1.165) is 0 Å². The molecule has 0 spiro atoms. The summed E-state index contributed by atoms with van der Waals surface area (Å²) < 4.78 is 13.2. The highest BCUT2D eigenvalue weighted by Gasteiger charge is 2.08. The van der Waals surface area contributed by atoms with Crippen LogP contribution in [-0.4, -0.2) is 10.2 Å². The fourth-order valence-corrected chi connectivity index (χ4v) is 2.07. The van der Waals surface area contributed by atoms with Gasteiger partial charge in [-0.1, -0.05) is 29.0 Å². The van der Waals surface area contributed by atoms with Crippen LogP contribution in [0.1, 0.15) is 5.01 Å². The summed E-state index contributed by atoms with van der Waals surface area (Å²) in [7, 11) is 0. The van der Waals surface area contributed by atoms with Crippen molar-refractivity contribution in [2.24, 2.45) is 0 Å². The van der Waals surface area contributed by atoms with E-state index in [1.165, 1.54) is 23.5 Å². The van der Waals surface area contributed by atoms with Crippen LogP contribution in [0.5, 0.6) is 0 Å². The summed E-state index contributed by atoms with van der Waals surface area (Å²) in [6, 6.07) is 4.53. The number of hydrogen-bond donors (Lipinski definition) is 0. The molecule has 2 rings (SSSR count). The van der Waals surface area contributed by atoms with Gasteiger partial charge in [-0.15, -0.1) is 21.8 Å². The highest BCUT2D eigenvalue weighted by atomic mass is 35.5. The Kier molecular flexibility index (Phi) is 3.19. The van der Waals surface area contributed by atoms with E-state index in [2.05, 4.69) is 10.2 Å². The van der Waals surface area contributed by atoms with Crippen molar-refractivity contribution in [3.05, 3.63) is 34.0 Å². The molecule has 0 fully saturated rings. The second-order valence-corrected chi connectivity index (χ2v) is 4.50. The molecule has 1 heterocycles. The predicted octanol–water partition coefficient (Wildman–Crippen LogP) is 3.74. The van der Waals surface area contributed by atoms with Crippen molar-refractivity contribution in [1.29, 1.82) is 0 Å². The molecule has 0 unspecified atom stereocenters. The second kappa shape index (κ2) is 4.43. The number of alkyl halides is 1. The summed E-state index contributed by atoms with van der Waals surface area (Å²) in [5.74, 6) is -0.148. The minimum absolute atomic E-state index is 0.0980. The molecule has 6 heteroatoms. The van der Waals surface area contributed by atoms with E-state index in [1.54, 1.807) is 6.07 Å². The van der Waals surface area contributed by atoms with Gasteiger partial charge in [0.15, 0.2) is 0 Å². The summed E-state index contributed by atoms with van der Waals surface area (Å²) in [4.78, 5) is 0. The van der Waals surface area contributed by atoms with Gasteiger partial charge in [-0.3, -0.25) is 0 Å². The lowest BCUT2D eigenvalue weighted by Gasteiger charge is -1.96. The Hall–Kier alpha value is -0.710. The lowest BCUT2D eigenvalue weighted by atomic mass is 10.2. The topological polar surface area (TPSA) is 25.8 Å². The van der Waals surface area contributed by atoms with Crippen LogP contribution >= 0.6 is 34.5 Å². The van der Waals surface area contributed by atoms with Crippen LogP contribution in [0.15, 0.2) is 18.2 Å². The third-order valence-electron chi connectivity index (χ3n) is 1.75. The van der Waals surface area contributed by atoms with Crippen molar-refractivity contribution >= 4 is 34.5 Å². The van der Waals surface area contributed by atoms with Gasteiger partial charge in [-0.05, 0) is 12.1 Å².